The highest BCUT2D eigenvalue weighted by Crippen LogP contribution is 2.16. The van der Waals surface area contributed by atoms with Crippen molar-refractivity contribution in [3.8, 4) is 0 Å². The summed E-state index contributed by atoms with van der Waals surface area (Å²) in [5.74, 6) is 0.542. The number of hydrogen-bond acceptors (Lipinski definition) is 2. The van der Waals surface area contributed by atoms with Crippen LogP contribution in [0.15, 0.2) is 65.7 Å². The van der Waals surface area contributed by atoms with E-state index in [0.717, 1.165) is 24.2 Å². The van der Waals surface area contributed by atoms with Crippen LogP contribution >= 0.6 is 0 Å². The Morgan fingerprint density at radius 1 is 1.00 bits per heavy atom. The van der Waals surface area contributed by atoms with Crippen LogP contribution in [0.25, 0.3) is 0 Å². The molecule has 3 aromatic rings. The van der Waals surface area contributed by atoms with E-state index >= 15 is 0 Å². The SMILES string of the molecule is Cc1ccc(C)c(Cn2cccc2CNS(=O)(=O)c2ccc(CC(C)C)cc2)c1. The van der Waals surface area contributed by atoms with E-state index < -0.39 is 10.0 Å². The van der Waals surface area contributed by atoms with Crippen LogP contribution in [-0.2, 0) is 29.5 Å². The van der Waals surface area contributed by atoms with E-state index in [9.17, 15) is 8.42 Å². The van der Waals surface area contributed by atoms with E-state index in [1.807, 2.05) is 30.5 Å². The van der Waals surface area contributed by atoms with Crippen LogP contribution in [0.1, 0.15) is 41.8 Å². The van der Waals surface area contributed by atoms with E-state index in [-0.39, 0.29) is 6.54 Å². The van der Waals surface area contributed by atoms with Crippen LogP contribution in [-0.4, -0.2) is 13.0 Å². The molecular weight excluding hydrogens is 380 g/mol. The number of sulfonamides is 1. The largest absolute Gasteiger partial charge is 0.346 e. The summed E-state index contributed by atoms with van der Waals surface area (Å²) in [6.45, 7) is 9.47. The molecule has 5 heteroatoms. The molecule has 154 valence electrons. The number of hydrogen-bond donors (Lipinski definition) is 1. The van der Waals surface area contributed by atoms with Gasteiger partial charge in [0, 0.05) is 18.4 Å². The lowest BCUT2D eigenvalue weighted by Crippen LogP contribution is -2.24. The molecule has 2 aromatic carbocycles. The summed E-state index contributed by atoms with van der Waals surface area (Å²) in [6, 6.07) is 17.5. The molecule has 29 heavy (non-hydrogen) atoms. The Bertz CT molecular complexity index is 1060. The average Bonchev–Trinajstić information content (AvgIpc) is 3.10. The Balaban J connectivity index is 1.70. The van der Waals surface area contributed by atoms with Crippen molar-refractivity contribution in [1.82, 2.24) is 9.29 Å². The van der Waals surface area contributed by atoms with Crippen LogP contribution < -0.4 is 4.72 Å². The number of aromatic nitrogens is 1. The van der Waals surface area contributed by atoms with Crippen molar-refractivity contribution in [1.29, 1.82) is 0 Å². The number of aryl methyl sites for hydroxylation is 2. The van der Waals surface area contributed by atoms with Gasteiger partial charge < -0.3 is 4.57 Å². The summed E-state index contributed by atoms with van der Waals surface area (Å²) in [6.07, 6.45) is 2.94. The molecule has 1 heterocycles. The fraction of sp³-hybridized carbons (Fsp3) is 0.333. The molecule has 0 unspecified atom stereocenters. The highest BCUT2D eigenvalue weighted by Gasteiger charge is 2.15. The van der Waals surface area contributed by atoms with Gasteiger partial charge >= 0.3 is 0 Å². The zero-order valence-corrected chi connectivity index (χ0v) is 18.5. The average molecular weight is 411 g/mol. The minimum Gasteiger partial charge on any atom is -0.346 e. The third kappa shape index (κ3) is 5.58. The molecule has 0 saturated carbocycles. The molecule has 0 fully saturated rings. The smallest absolute Gasteiger partial charge is 0.240 e. The second kappa shape index (κ2) is 8.97. The Hall–Kier alpha value is -2.37. The Kier molecular flexibility index (Phi) is 6.60. The van der Waals surface area contributed by atoms with Crippen molar-refractivity contribution in [2.24, 2.45) is 5.92 Å². The third-order valence-corrected chi connectivity index (χ3v) is 6.51. The lowest BCUT2D eigenvalue weighted by molar-refractivity contribution is 0.578. The summed E-state index contributed by atoms with van der Waals surface area (Å²) in [4.78, 5) is 0.303. The Morgan fingerprint density at radius 2 is 1.72 bits per heavy atom. The molecular formula is C24H30N2O2S. The van der Waals surface area contributed by atoms with Crippen molar-refractivity contribution in [2.45, 2.75) is 52.1 Å². The van der Waals surface area contributed by atoms with Crippen molar-refractivity contribution in [3.05, 3.63) is 88.7 Å². The molecule has 0 saturated heterocycles. The van der Waals surface area contributed by atoms with Gasteiger partial charge in [0.2, 0.25) is 10.0 Å². The quantitative estimate of drug-likeness (QED) is 0.578. The van der Waals surface area contributed by atoms with E-state index in [2.05, 4.69) is 55.2 Å². The van der Waals surface area contributed by atoms with E-state index in [4.69, 9.17) is 0 Å². The van der Waals surface area contributed by atoms with E-state index in [1.54, 1.807) is 12.1 Å². The molecule has 0 radical (unpaired) electrons. The molecule has 0 aliphatic heterocycles. The number of nitrogens with one attached hydrogen (secondary N) is 1. The van der Waals surface area contributed by atoms with Gasteiger partial charge in [-0.2, -0.15) is 0 Å². The Labute approximate surface area is 174 Å². The lowest BCUT2D eigenvalue weighted by Gasteiger charge is -2.13. The Morgan fingerprint density at radius 3 is 2.41 bits per heavy atom. The molecule has 0 bridgehead atoms. The maximum atomic E-state index is 12.7. The number of rotatable bonds is 8. The zero-order valence-electron chi connectivity index (χ0n) is 17.6. The van der Waals surface area contributed by atoms with Crippen LogP contribution in [0.2, 0.25) is 0 Å². The van der Waals surface area contributed by atoms with Crippen molar-refractivity contribution < 1.29 is 8.42 Å². The molecule has 4 nitrogen and oxygen atoms in total. The summed E-state index contributed by atoms with van der Waals surface area (Å²) in [5, 5.41) is 0. The fourth-order valence-electron chi connectivity index (χ4n) is 3.45. The van der Waals surface area contributed by atoms with Gasteiger partial charge in [0.25, 0.3) is 0 Å². The van der Waals surface area contributed by atoms with Gasteiger partial charge in [-0.25, -0.2) is 13.1 Å². The van der Waals surface area contributed by atoms with Crippen LogP contribution in [0.5, 0.6) is 0 Å². The van der Waals surface area contributed by atoms with Gasteiger partial charge in [0.1, 0.15) is 0 Å². The maximum absolute atomic E-state index is 12.7. The fourth-order valence-corrected chi connectivity index (χ4v) is 4.45. The number of benzene rings is 2. The standard InChI is InChI=1S/C24H30N2O2S/c1-18(2)14-21-9-11-24(12-10-21)29(27,28)25-16-23-6-5-13-26(23)17-22-15-19(3)7-8-20(22)4/h5-13,15,18,25H,14,16-17H2,1-4H3. The van der Waals surface area contributed by atoms with Gasteiger partial charge in [-0.15, -0.1) is 0 Å². The number of nitrogens with zero attached hydrogens (tertiary/aromatic N) is 1. The molecule has 1 aromatic heterocycles. The molecule has 0 aliphatic carbocycles. The molecule has 0 amide bonds. The van der Waals surface area contributed by atoms with Crippen molar-refractivity contribution >= 4 is 10.0 Å². The summed E-state index contributed by atoms with van der Waals surface area (Å²) in [5.41, 5.74) is 5.79. The van der Waals surface area contributed by atoms with Gasteiger partial charge in [0.05, 0.1) is 11.4 Å². The van der Waals surface area contributed by atoms with E-state index in [1.165, 1.54) is 16.7 Å². The molecule has 0 spiro atoms. The van der Waals surface area contributed by atoms with E-state index in [0.29, 0.717) is 10.8 Å². The first-order valence-electron chi connectivity index (χ1n) is 10.0. The van der Waals surface area contributed by atoms with Crippen molar-refractivity contribution in [3.63, 3.8) is 0 Å². The van der Waals surface area contributed by atoms with Crippen LogP contribution in [0, 0.1) is 19.8 Å². The minimum absolute atomic E-state index is 0.258. The highest BCUT2D eigenvalue weighted by molar-refractivity contribution is 7.89. The van der Waals surface area contributed by atoms with Gasteiger partial charge in [-0.05, 0) is 67.1 Å². The van der Waals surface area contributed by atoms with Crippen LogP contribution in [0.3, 0.4) is 0 Å². The maximum Gasteiger partial charge on any atom is 0.240 e. The monoisotopic (exact) mass is 410 g/mol. The van der Waals surface area contributed by atoms with Crippen molar-refractivity contribution in [2.75, 3.05) is 0 Å². The highest BCUT2D eigenvalue weighted by atomic mass is 32.2. The topological polar surface area (TPSA) is 51.1 Å². The van der Waals surface area contributed by atoms with Gasteiger partial charge in [-0.1, -0.05) is 49.7 Å². The second-order valence-electron chi connectivity index (χ2n) is 8.12. The predicted octanol–water partition coefficient (Wildman–Crippen LogP) is 4.83. The zero-order chi connectivity index (χ0) is 21.0. The second-order valence-corrected chi connectivity index (χ2v) is 9.89. The molecule has 0 aliphatic rings. The van der Waals surface area contributed by atoms with Gasteiger partial charge in [-0.3, -0.25) is 0 Å². The predicted molar refractivity (Wildman–Crippen MR) is 118 cm³/mol. The first kappa shape index (κ1) is 21.3. The normalized spacial score (nSPS) is 11.9. The van der Waals surface area contributed by atoms with Crippen LogP contribution in [0.4, 0.5) is 0 Å². The molecule has 1 N–H and O–H groups in total. The lowest BCUT2D eigenvalue weighted by atomic mass is 10.0. The minimum atomic E-state index is -3.55. The summed E-state index contributed by atoms with van der Waals surface area (Å²) < 4.78 is 30.3. The molecule has 0 atom stereocenters. The summed E-state index contributed by atoms with van der Waals surface area (Å²) >= 11 is 0. The van der Waals surface area contributed by atoms with Gasteiger partial charge in [0.15, 0.2) is 0 Å². The third-order valence-electron chi connectivity index (χ3n) is 5.09. The first-order valence-corrected chi connectivity index (χ1v) is 11.5. The first-order chi connectivity index (χ1) is 13.7. The molecule has 3 rings (SSSR count). The summed E-state index contributed by atoms with van der Waals surface area (Å²) in [7, 11) is -3.55.